The molecule has 2 aromatic carbocycles. The minimum atomic E-state index is -0.417. The summed E-state index contributed by atoms with van der Waals surface area (Å²) >= 11 is 0. The molecule has 0 aliphatic carbocycles. The number of benzene rings is 2. The quantitative estimate of drug-likeness (QED) is 0.667. The lowest BCUT2D eigenvalue weighted by atomic mass is 9.99. The van der Waals surface area contributed by atoms with Crippen molar-refractivity contribution in [1.82, 2.24) is 14.9 Å². The third-order valence-electron chi connectivity index (χ3n) is 4.62. The standard InChI is InChI=1S/C18H17FN4O2/c1-23-15-5-3-10(8-14(15)22-18(23)25)17(24)21-13-4-2-11-9-20-7-6-12(11)16(13)19/h2-5,8,20H,6-7,9H2,1H3,(H,21,24)(H,22,25). The number of imidazole rings is 1. The molecule has 0 radical (unpaired) electrons. The number of H-pyrrole nitrogens is 1. The van der Waals surface area contributed by atoms with Crippen LogP contribution in [0.5, 0.6) is 0 Å². The zero-order valence-corrected chi connectivity index (χ0v) is 13.6. The van der Waals surface area contributed by atoms with Crippen LogP contribution in [0.15, 0.2) is 35.1 Å². The van der Waals surface area contributed by atoms with E-state index in [2.05, 4.69) is 15.6 Å². The third kappa shape index (κ3) is 2.62. The fourth-order valence-electron chi connectivity index (χ4n) is 3.20. The number of hydrogen-bond acceptors (Lipinski definition) is 3. The van der Waals surface area contributed by atoms with Gasteiger partial charge >= 0.3 is 5.69 Å². The summed E-state index contributed by atoms with van der Waals surface area (Å²) in [5.74, 6) is -0.791. The molecule has 2 heterocycles. The van der Waals surface area contributed by atoms with E-state index in [-0.39, 0.29) is 17.2 Å². The Labute approximate surface area is 142 Å². The molecule has 7 heteroatoms. The number of aromatic nitrogens is 2. The topological polar surface area (TPSA) is 78.9 Å². The number of carbonyl (C=O) groups excluding carboxylic acids is 1. The first-order valence-corrected chi connectivity index (χ1v) is 8.05. The Bertz CT molecular complexity index is 1050. The lowest BCUT2D eigenvalue weighted by Crippen LogP contribution is -2.25. The molecular weight excluding hydrogens is 323 g/mol. The molecule has 0 saturated heterocycles. The highest BCUT2D eigenvalue weighted by molar-refractivity contribution is 6.06. The second kappa shape index (κ2) is 5.86. The predicted octanol–water partition coefficient (Wildman–Crippen LogP) is 1.90. The van der Waals surface area contributed by atoms with Crippen LogP contribution in [-0.2, 0) is 20.0 Å². The zero-order valence-electron chi connectivity index (χ0n) is 13.6. The third-order valence-corrected chi connectivity index (χ3v) is 4.62. The van der Waals surface area contributed by atoms with Gasteiger partial charge in [0.1, 0.15) is 5.82 Å². The number of aromatic amines is 1. The summed E-state index contributed by atoms with van der Waals surface area (Å²) in [6, 6.07) is 8.31. The summed E-state index contributed by atoms with van der Waals surface area (Å²) in [7, 11) is 1.65. The van der Waals surface area contributed by atoms with Crippen molar-refractivity contribution in [1.29, 1.82) is 0 Å². The molecule has 25 heavy (non-hydrogen) atoms. The van der Waals surface area contributed by atoms with Crippen LogP contribution in [0.25, 0.3) is 11.0 Å². The van der Waals surface area contributed by atoms with E-state index < -0.39 is 5.91 Å². The molecule has 3 N–H and O–H groups in total. The highest BCUT2D eigenvalue weighted by atomic mass is 19.1. The Morgan fingerprint density at radius 2 is 2.12 bits per heavy atom. The number of rotatable bonds is 2. The molecule has 128 valence electrons. The highest BCUT2D eigenvalue weighted by Crippen LogP contribution is 2.25. The van der Waals surface area contributed by atoms with Gasteiger partial charge in [-0.15, -0.1) is 0 Å². The van der Waals surface area contributed by atoms with Crippen molar-refractivity contribution in [2.75, 3.05) is 11.9 Å². The van der Waals surface area contributed by atoms with Crippen molar-refractivity contribution < 1.29 is 9.18 Å². The van der Waals surface area contributed by atoms with E-state index in [0.29, 0.717) is 35.1 Å². The molecule has 0 spiro atoms. The van der Waals surface area contributed by atoms with Crippen LogP contribution in [0.2, 0.25) is 0 Å². The summed E-state index contributed by atoms with van der Waals surface area (Å²) in [6.07, 6.45) is 0.599. The van der Waals surface area contributed by atoms with E-state index in [1.165, 1.54) is 4.57 Å². The largest absolute Gasteiger partial charge is 0.326 e. The van der Waals surface area contributed by atoms with Crippen LogP contribution < -0.4 is 16.3 Å². The van der Waals surface area contributed by atoms with Crippen LogP contribution in [0.1, 0.15) is 21.5 Å². The molecule has 0 unspecified atom stereocenters. The molecule has 1 aromatic heterocycles. The van der Waals surface area contributed by atoms with Crippen LogP contribution in [0.3, 0.4) is 0 Å². The number of carbonyl (C=O) groups is 1. The van der Waals surface area contributed by atoms with Crippen molar-refractivity contribution in [3.8, 4) is 0 Å². The van der Waals surface area contributed by atoms with Gasteiger partial charge in [0.2, 0.25) is 0 Å². The van der Waals surface area contributed by atoms with Crippen LogP contribution in [-0.4, -0.2) is 22.0 Å². The van der Waals surface area contributed by atoms with Gasteiger partial charge in [0, 0.05) is 19.2 Å². The number of fused-ring (bicyclic) bond motifs is 2. The first kappa shape index (κ1) is 15.6. The van der Waals surface area contributed by atoms with Gasteiger partial charge in [-0.2, -0.15) is 0 Å². The zero-order chi connectivity index (χ0) is 17.6. The number of nitrogens with zero attached hydrogens (tertiary/aromatic N) is 1. The molecular formula is C18H17FN4O2. The second-order valence-electron chi connectivity index (χ2n) is 6.17. The van der Waals surface area contributed by atoms with Gasteiger partial charge in [-0.3, -0.25) is 9.36 Å². The van der Waals surface area contributed by atoms with E-state index in [0.717, 1.165) is 12.1 Å². The number of hydrogen-bond donors (Lipinski definition) is 3. The summed E-state index contributed by atoms with van der Waals surface area (Å²) in [6.45, 7) is 1.36. The molecule has 1 aliphatic rings. The van der Waals surface area contributed by atoms with Gasteiger partial charge in [0.25, 0.3) is 5.91 Å². The summed E-state index contributed by atoms with van der Waals surface area (Å²) < 4.78 is 16.1. The van der Waals surface area contributed by atoms with Crippen LogP contribution in [0, 0.1) is 5.82 Å². The van der Waals surface area contributed by atoms with E-state index >= 15 is 0 Å². The fraction of sp³-hybridized carbons (Fsp3) is 0.222. The number of halogens is 1. The normalized spacial score (nSPS) is 13.7. The minimum absolute atomic E-state index is 0.173. The Kier molecular flexibility index (Phi) is 3.65. The predicted molar refractivity (Wildman–Crippen MR) is 93.3 cm³/mol. The Morgan fingerprint density at radius 1 is 1.28 bits per heavy atom. The number of aryl methyl sites for hydroxylation is 1. The van der Waals surface area contributed by atoms with Crippen molar-refractivity contribution in [3.05, 3.63) is 63.3 Å². The molecule has 4 rings (SSSR count). The summed E-state index contributed by atoms with van der Waals surface area (Å²) in [4.78, 5) is 26.8. The molecule has 0 saturated carbocycles. The van der Waals surface area contributed by atoms with Gasteiger partial charge in [0.05, 0.1) is 16.7 Å². The second-order valence-corrected chi connectivity index (χ2v) is 6.17. The number of anilines is 1. The van der Waals surface area contributed by atoms with Gasteiger partial charge in [-0.05, 0) is 48.4 Å². The molecule has 1 aliphatic heterocycles. The summed E-state index contributed by atoms with van der Waals surface area (Å²) in [5, 5.41) is 5.82. The van der Waals surface area contributed by atoms with Crippen molar-refractivity contribution in [3.63, 3.8) is 0 Å². The number of amides is 1. The molecule has 6 nitrogen and oxygen atoms in total. The lowest BCUT2D eigenvalue weighted by molar-refractivity contribution is 0.102. The van der Waals surface area contributed by atoms with Gasteiger partial charge in [-0.25, -0.2) is 9.18 Å². The highest BCUT2D eigenvalue weighted by Gasteiger charge is 2.18. The average Bonchev–Trinajstić information content (AvgIpc) is 2.91. The maximum atomic E-state index is 14.6. The Balaban J connectivity index is 1.65. The Morgan fingerprint density at radius 3 is 2.96 bits per heavy atom. The van der Waals surface area contributed by atoms with Gasteiger partial charge < -0.3 is 15.6 Å². The van der Waals surface area contributed by atoms with E-state index in [1.807, 2.05) is 6.07 Å². The first-order chi connectivity index (χ1) is 12.0. The van der Waals surface area contributed by atoms with Crippen molar-refractivity contribution in [2.24, 2.45) is 7.05 Å². The molecule has 3 aromatic rings. The fourth-order valence-corrected chi connectivity index (χ4v) is 3.20. The van der Waals surface area contributed by atoms with E-state index in [1.54, 1.807) is 31.3 Å². The van der Waals surface area contributed by atoms with Crippen LogP contribution in [0.4, 0.5) is 10.1 Å². The molecule has 1 amide bonds. The maximum Gasteiger partial charge on any atom is 0.326 e. The Hall–Kier alpha value is -2.93. The smallest absolute Gasteiger partial charge is 0.319 e. The maximum absolute atomic E-state index is 14.6. The minimum Gasteiger partial charge on any atom is -0.319 e. The lowest BCUT2D eigenvalue weighted by Gasteiger charge is -2.19. The first-order valence-electron chi connectivity index (χ1n) is 8.05. The summed E-state index contributed by atoms with van der Waals surface area (Å²) in [5.41, 5.74) is 3.12. The average molecular weight is 340 g/mol. The van der Waals surface area contributed by atoms with Crippen LogP contribution >= 0.6 is 0 Å². The molecule has 0 bridgehead atoms. The monoisotopic (exact) mass is 340 g/mol. The van der Waals surface area contributed by atoms with Gasteiger partial charge in [-0.1, -0.05) is 6.07 Å². The van der Waals surface area contributed by atoms with E-state index in [9.17, 15) is 14.0 Å². The van der Waals surface area contributed by atoms with Crippen molar-refractivity contribution in [2.45, 2.75) is 13.0 Å². The van der Waals surface area contributed by atoms with Gasteiger partial charge in [0.15, 0.2) is 0 Å². The SMILES string of the molecule is Cn1c(=O)[nH]c2cc(C(=O)Nc3ccc4c(c3F)CCNC4)ccc21. The number of nitrogens with one attached hydrogen (secondary N) is 3. The molecule has 0 atom stereocenters. The molecule has 0 fully saturated rings. The van der Waals surface area contributed by atoms with E-state index in [4.69, 9.17) is 0 Å². The van der Waals surface area contributed by atoms with Crippen molar-refractivity contribution >= 4 is 22.6 Å².